The Hall–Kier alpha value is -2.35. The normalized spacial score (nSPS) is 11.5. The molecular formula is C18H17ClN2O4S. The second kappa shape index (κ2) is 7.90. The summed E-state index contributed by atoms with van der Waals surface area (Å²) in [5, 5.41) is 1.19. The van der Waals surface area contributed by atoms with Crippen LogP contribution >= 0.6 is 11.6 Å². The predicted molar refractivity (Wildman–Crippen MR) is 100 cm³/mol. The van der Waals surface area contributed by atoms with Crippen LogP contribution < -0.4 is 14.2 Å². The molecule has 1 heterocycles. The summed E-state index contributed by atoms with van der Waals surface area (Å²) in [5.41, 5.74) is 0.736. The zero-order valence-corrected chi connectivity index (χ0v) is 15.5. The van der Waals surface area contributed by atoms with Gasteiger partial charge < -0.3 is 9.47 Å². The molecule has 1 N–H and O–H groups in total. The van der Waals surface area contributed by atoms with Crippen LogP contribution in [0.1, 0.15) is 0 Å². The van der Waals surface area contributed by atoms with E-state index in [-0.39, 0.29) is 23.1 Å². The third-order valence-corrected chi connectivity index (χ3v) is 5.44. The molecular weight excluding hydrogens is 376 g/mol. The minimum absolute atomic E-state index is 0.0649. The fourth-order valence-electron chi connectivity index (χ4n) is 2.43. The molecule has 0 spiro atoms. The van der Waals surface area contributed by atoms with Gasteiger partial charge >= 0.3 is 0 Å². The number of pyridine rings is 1. The van der Waals surface area contributed by atoms with Crippen molar-refractivity contribution in [2.24, 2.45) is 0 Å². The smallest absolute Gasteiger partial charge is 0.240 e. The summed E-state index contributed by atoms with van der Waals surface area (Å²) in [5.74, 6) is 1.02. The molecule has 136 valence electrons. The second-order valence-electron chi connectivity index (χ2n) is 5.37. The number of benzene rings is 2. The van der Waals surface area contributed by atoms with E-state index in [1.807, 2.05) is 24.3 Å². The first-order valence-electron chi connectivity index (χ1n) is 7.81. The minimum Gasteiger partial charge on any atom is -0.495 e. The molecule has 0 aliphatic rings. The van der Waals surface area contributed by atoms with Gasteiger partial charge in [0.25, 0.3) is 0 Å². The molecule has 0 unspecified atom stereocenters. The summed E-state index contributed by atoms with van der Waals surface area (Å²) in [6.45, 7) is 0.272. The van der Waals surface area contributed by atoms with Crippen molar-refractivity contribution in [3.05, 3.63) is 59.8 Å². The Bertz CT molecular complexity index is 1020. The molecule has 0 amide bonds. The fraction of sp³-hybridized carbons (Fsp3) is 0.167. The van der Waals surface area contributed by atoms with Gasteiger partial charge in [-0.3, -0.25) is 4.98 Å². The number of aromatic nitrogens is 1. The van der Waals surface area contributed by atoms with Crippen LogP contribution in [0.25, 0.3) is 10.9 Å². The maximum absolute atomic E-state index is 12.3. The number of halogens is 1. The number of hydrogen-bond donors (Lipinski definition) is 1. The maximum atomic E-state index is 12.3. The van der Waals surface area contributed by atoms with E-state index in [0.29, 0.717) is 11.5 Å². The molecule has 0 saturated carbocycles. The molecule has 6 nitrogen and oxygen atoms in total. The number of fused-ring (bicyclic) bond motifs is 1. The first kappa shape index (κ1) is 18.4. The molecule has 0 radical (unpaired) electrons. The molecule has 3 aromatic rings. The van der Waals surface area contributed by atoms with Crippen LogP contribution in [0, 0.1) is 0 Å². The third-order valence-electron chi connectivity index (χ3n) is 3.68. The van der Waals surface area contributed by atoms with Gasteiger partial charge in [0.2, 0.25) is 10.0 Å². The number of nitrogens with one attached hydrogen (secondary N) is 1. The van der Waals surface area contributed by atoms with Crippen molar-refractivity contribution < 1.29 is 17.9 Å². The van der Waals surface area contributed by atoms with Gasteiger partial charge in [0.05, 0.1) is 17.0 Å². The molecule has 26 heavy (non-hydrogen) atoms. The Morgan fingerprint density at radius 2 is 1.92 bits per heavy atom. The Morgan fingerprint density at radius 1 is 1.12 bits per heavy atom. The molecule has 0 atom stereocenters. The Kier molecular flexibility index (Phi) is 5.61. The summed E-state index contributed by atoms with van der Waals surface area (Å²) in [7, 11) is -2.22. The van der Waals surface area contributed by atoms with Crippen molar-refractivity contribution >= 4 is 32.5 Å². The Balaban J connectivity index is 1.63. The van der Waals surface area contributed by atoms with E-state index in [4.69, 9.17) is 21.1 Å². The van der Waals surface area contributed by atoms with Gasteiger partial charge in [0, 0.05) is 18.1 Å². The summed E-state index contributed by atoms with van der Waals surface area (Å²) in [6.07, 6.45) is 1.69. The summed E-state index contributed by atoms with van der Waals surface area (Å²) >= 11 is 5.98. The highest BCUT2D eigenvalue weighted by Crippen LogP contribution is 2.27. The predicted octanol–water partition coefficient (Wildman–Crippen LogP) is 3.25. The Morgan fingerprint density at radius 3 is 2.69 bits per heavy atom. The highest BCUT2D eigenvalue weighted by Gasteiger charge is 2.15. The van der Waals surface area contributed by atoms with Crippen molar-refractivity contribution in [1.29, 1.82) is 0 Å². The van der Waals surface area contributed by atoms with Crippen LogP contribution in [-0.4, -0.2) is 33.7 Å². The van der Waals surface area contributed by atoms with E-state index in [1.54, 1.807) is 12.3 Å². The average Bonchev–Trinajstić information content (AvgIpc) is 2.65. The topological polar surface area (TPSA) is 77.5 Å². The van der Waals surface area contributed by atoms with Gasteiger partial charge in [0.1, 0.15) is 23.6 Å². The van der Waals surface area contributed by atoms with Gasteiger partial charge in [-0.05, 0) is 30.3 Å². The van der Waals surface area contributed by atoms with Gasteiger partial charge in [-0.15, -0.1) is 0 Å². The monoisotopic (exact) mass is 392 g/mol. The molecule has 0 aliphatic carbocycles. The van der Waals surface area contributed by atoms with E-state index < -0.39 is 10.0 Å². The zero-order chi connectivity index (χ0) is 18.6. The van der Waals surface area contributed by atoms with Crippen LogP contribution in [0.2, 0.25) is 5.02 Å². The highest BCUT2D eigenvalue weighted by atomic mass is 35.5. The molecule has 0 bridgehead atoms. The number of methoxy groups -OCH3 is 1. The van der Waals surface area contributed by atoms with E-state index in [9.17, 15) is 8.42 Å². The highest BCUT2D eigenvalue weighted by molar-refractivity contribution is 7.89. The zero-order valence-electron chi connectivity index (χ0n) is 14.0. The van der Waals surface area contributed by atoms with Gasteiger partial charge in [0.15, 0.2) is 0 Å². The first-order valence-corrected chi connectivity index (χ1v) is 9.67. The number of hydrogen-bond acceptors (Lipinski definition) is 5. The standard InChI is InChI=1S/C18H17ClN2O4S/c1-24-16-8-7-14(12-15(16)19)26(22,23)21-10-11-25-17-6-2-4-13-5-3-9-20-18(13)17/h2-9,12,21H,10-11H2,1H3. The van der Waals surface area contributed by atoms with Crippen molar-refractivity contribution in [3.8, 4) is 11.5 Å². The van der Waals surface area contributed by atoms with Crippen molar-refractivity contribution in [2.45, 2.75) is 4.90 Å². The number of nitrogens with zero attached hydrogens (tertiary/aromatic N) is 1. The van der Waals surface area contributed by atoms with Crippen LogP contribution in [0.15, 0.2) is 59.6 Å². The fourth-order valence-corrected chi connectivity index (χ4v) is 3.79. The lowest BCUT2D eigenvalue weighted by atomic mass is 10.2. The van der Waals surface area contributed by atoms with Gasteiger partial charge in [-0.25, -0.2) is 13.1 Å². The van der Waals surface area contributed by atoms with Crippen LogP contribution in [0.3, 0.4) is 0 Å². The lowest BCUT2D eigenvalue weighted by Crippen LogP contribution is -2.28. The minimum atomic E-state index is -3.69. The molecule has 2 aromatic carbocycles. The second-order valence-corrected chi connectivity index (χ2v) is 7.55. The number of rotatable bonds is 7. The first-order chi connectivity index (χ1) is 12.5. The molecule has 0 saturated heterocycles. The lowest BCUT2D eigenvalue weighted by Gasteiger charge is -2.11. The van der Waals surface area contributed by atoms with Crippen LogP contribution in [0.5, 0.6) is 11.5 Å². The average molecular weight is 393 g/mol. The summed E-state index contributed by atoms with van der Waals surface area (Å²) in [6, 6.07) is 13.7. The quantitative estimate of drug-likeness (QED) is 0.624. The van der Waals surface area contributed by atoms with Crippen LogP contribution in [-0.2, 0) is 10.0 Å². The molecule has 1 aromatic heterocycles. The SMILES string of the molecule is COc1ccc(S(=O)(=O)NCCOc2cccc3cccnc23)cc1Cl. The van der Waals surface area contributed by atoms with Crippen molar-refractivity contribution in [3.63, 3.8) is 0 Å². The molecule has 0 fully saturated rings. The van der Waals surface area contributed by atoms with Gasteiger partial charge in [-0.1, -0.05) is 29.8 Å². The largest absolute Gasteiger partial charge is 0.495 e. The van der Waals surface area contributed by atoms with E-state index >= 15 is 0 Å². The van der Waals surface area contributed by atoms with Gasteiger partial charge in [-0.2, -0.15) is 0 Å². The molecule has 0 aliphatic heterocycles. The maximum Gasteiger partial charge on any atom is 0.240 e. The molecule has 8 heteroatoms. The third kappa shape index (κ3) is 4.07. The Labute approximate surface area is 156 Å². The summed E-state index contributed by atoms with van der Waals surface area (Å²) < 4.78 is 37.8. The number of ether oxygens (including phenoxy) is 2. The van der Waals surface area contributed by atoms with Crippen molar-refractivity contribution in [1.82, 2.24) is 9.71 Å². The molecule has 3 rings (SSSR count). The number of para-hydroxylation sites is 1. The summed E-state index contributed by atoms with van der Waals surface area (Å²) in [4.78, 5) is 4.36. The lowest BCUT2D eigenvalue weighted by molar-refractivity contribution is 0.326. The van der Waals surface area contributed by atoms with E-state index in [1.165, 1.54) is 25.3 Å². The van der Waals surface area contributed by atoms with Crippen LogP contribution in [0.4, 0.5) is 0 Å². The van der Waals surface area contributed by atoms with E-state index in [2.05, 4.69) is 9.71 Å². The van der Waals surface area contributed by atoms with E-state index in [0.717, 1.165) is 10.9 Å². The van der Waals surface area contributed by atoms with Crippen molar-refractivity contribution in [2.75, 3.05) is 20.3 Å². The number of sulfonamides is 1.